The van der Waals surface area contributed by atoms with E-state index in [2.05, 4.69) is 11.1 Å². The molecule has 4 rings (SSSR count). The van der Waals surface area contributed by atoms with Gasteiger partial charge in [-0.05, 0) is 36.4 Å². The van der Waals surface area contributed by atoms with Gasteiger partial charge in [0.15, 0.2) is 11.3 Å². The summed E-state index contributed by atoms with van der Waals surface area (Å²) in [5.41, 5.74) is 4.00. The van der Waals surface area contributed by atoms with Gasteiger partial charge in [0.2, 0.25) is 11.4 Å². The van der Waals surface area contributed by atoms with Gasteiger partial charge in [0.1, 0.15) is 13.1 Å². The Morgan fingerprint density at radius 3 is 2.79 bits per heavy atom. The lowest BCUT2D eigenvalue weighted by Gasteiger charge is -2.11. The zero-order chi connectivity index (χ0) is 23.5. The molecule has 0 aliphatic heterocycles. The summed E-state index contributed by atoms with van der Waals surface area (Å²) in [6.07, 6.45) is -0.387. The molecule has 4 nitrogen and oxygen atoms in total. The molecule has 0 fully saturated rings. The van der Waals surface area contributed by atoms with Gasteiger partial charge in [-0.15, -0.1) is 0 Å². The summed E-state index contributed by atoms with van der Waals surface area (Å²) in [7, 11) is 1.78. The first-order chi connectivity index (χ1) is 15.0. The van der Waals surface area contributed by atoms with Gasteiger partial charge < -0.3 is 4.42 Å². The van der Waals surface area contributed by atoms with Gasteiger partial charge in [0.05, 0.1) is 13.9 Å². The van der Waals surface area contributed by atoms with Gasteiger partial charge in [0, 0.05) is 38.7 Å². The number of nitriles is 1. The molecule has 1 aromatic carbocycles. The van der Waals surface area contributed by atoms with Crippen molar-refractivity contribution >= 4 is 22.1 Å². The van der Waals surface area contributed by atoms with E-state index in [9.17, 15) is 5.26 Å². The predicted molar refractivity (Wildman–Crippen MR) is 111 cm³/mol. The van der Waals surface area contributed by atoms with Crippen LogP contribution >= 0.6 is 0 Å². The monoisotopic (exact) mass is 374 g/mol. The fraction of sp³-hybridized carbons (Fsp3) is 0.292. The molecule has 140 valence electrons. The second-order valence-electron chi connectivity index (χ2n) is 7.34. The van der Waals surface area contributed by atoms with Crippen LogP contribution in [0.5, 0.6) is 0 Å². The fourth-order valence-corrected chi connectivity index (χ4v) is 3.43. The highest BCUT2D eigenvalue weighted by Gasteiger charge is 2.23. The van der Waals surface area contributed by atoms with Crippen LogP contribution in [0.2, 0.25) is 0 Å². The molecule has 0 unspecified atom stereocenters. The summed E-state index contributed by atoms with van der Waals surface area (Å²) >= 11 is 0. The fourth-order valence-electron chi connectivity index (χ4n) is 3.43. The first kappa shape index (κ1) is 13.9. The summed E-state index contributed by atoms with van der Waals surface area (Å²) in [4.78, 5) is 4.28. The molecular formula is C24H24N3O+. The third kappa shape index (κ3) is 2.93. The normalized spacial score (nSPS) is 14.0. The minimum atomic E-state index is -1.85. The van der Waals surface area contributed by atoms with Gasteiger partial charge in [-0.2, -0.15) is 9.83 Å². The maximum absolute atomic E-state index is 9.26. The van der Waals surface area contributed by atoms with Crippen molar-refractivity contribution in [2.24, 2.45) is 13.0 Å². The van der Waals surface area contributed by atoms with Gasteiger partial charge in [-0.3, -0.25) is 0 Å². The number of nitrogens with zero attached hydrogens (tertiary/aromatic N) is 3. The lowest BCUT2D eigenvalue weighted by molar-refractivity contribution is -0.666. The molecule has 0 spiro atoms. The smallest absolute Gasteiger partial charge is 0.227 e. The number of benzene rings is 1. The van der Waals surface area contributed by atoms with Gasteiger partial charge in [-0.1, -0.05) is 26.0 Å². The quantitative estimate of drug-likeness (QED) is 0.465. The third-order valence-electron chi connectivity index (χ3n) is 4.89. The molecule has 0 aliphatic carbocycles. The Kier molecular flexibility index (Phi) is 3.36. The zero-order valence-corrected chi connectivity index (χ0v) is 16.6. The van der Waals surface area contributed by atoms with E-state index in [1.807, 2.05) is 19.1 Å². The molecule has 0 saturated carbocycles. The Hall–Kier alpha value is -3.19. The van der Waals surface area contributed by atoms with Crippen LogP contribution in [0.1, 0.15) is 41.7 Å². The molecule has 0 saturated heterocycles. The van der Waals surface area contributed by atoms with Gasteiger partial charge >= 0.3 is 0 Å². The topological polar surface area (TPSA) is 53.7 Å². The maximum Gasteiger partial charge on any atom is 0.227 e. The highest BCUT2D eigenvalue weighted by molar-refractivity contribution is 6.09. The largest absolute Gasteiger partial charge is 0.437 e. The first-order valence-corrected chi connectivity index (χ1v) is 9.23. The molecule has 0 aliphatic rings. The number of pyridine rings is 2. The maximum atomic E-state index is 9.26. The van der Waals surface area contributed by atoms with E-state index in [-0.39, 0.29) is 17.6 Å². The van der Waals surface area contributed by atoms with E-state index in [4.69, 9.17) is 9.90 Å². The van der Waals surface area contributed by atoms with E-state index >= 15 is 0 Å². The summed E-state index contributed by atoms with van der Waals surface area (Å²) in [6, 6.07) is 7.67. The van der Waals surface area contributed by atoms with E-state index in [1.165, 1.54) is 6.20 Å². The van der Waals surface area contributed by atoms with Crippen molar-refractivity contribution < 1.29 is 14.5 Å². The van der Waals surface area contributed by atoms with Crippen LogP contribution in [0.25, 0.3) is 33.3 Å². The number of rotatable bonds is 3. The average molecular weight is 375 g/mol. The SMILES string of the molecule is [2H]c1c(C([2H])([2H])C(C)C)c([2H])c(-c2c(C)ccc3c2oc2ncc(C#N)cc23)[n+](C)c1C. The lowest BCUT2D eigenvalue weighted by atomic mass is 9.96. The van der Waals surface area contributed by atoms with E-state index in [0.29, 0.717) is 39.2 Å². The highest BCUT2D eigenvalue weighted by Crippen LogP contribution is 2.36. The van der Waals surface area contributed by atoms with Crippen molar-refractivity contribution in [2.75, 3.05) is 0 Å². The minimum Gasteiger partial charge on any atom is -0.437 e. The second kappa shape index (κ2) is 6.76. The Labute approximate surface area is 170 Å². The number of fused-ring (bicyclic) bond motifs is 3. The summed E-state index contributed by atoms with van der Waals surface area (Å²) in [6.45, 7) is 7.19. The molecule has 28 heavy (non-hydrogen) atoms. The average Bonchev–Trinajstić information content (AvgIpc) is 3.11. The van der Waals surface area contributed by atoms with Crippen LogP contribution < -0.4 is 4.57 Å². The van der Waals surface area contributed by atoms with Crippen LogP contribution in [0.15, 0.2) is 40.9 Å². The van der Waals surface area contributed by atoms with Crippen molar-refractivity contribution in [1.29, 1.82) is 5.26 Å². The van der Waals surface area contributed by atoms with Crippen LogP contribution in [-0.2, 0) is 13.4 Å². The Morgan fingerprint density at radius 1 is 1.29 bits per heavy atom. The highest BCUT2D eigenvalue weighted by atomic mass is 16.3. The number of furan rings is 1. The second-order valence-corrected chi connectivity index (χ2v) is 7.34. The molecule has 0 radical (unpaired) electrons. The van der Waals surface area contributed by atoms with E-state index in [1.54, 1.807) is 38.5 Å². The van der Waals surface area contributed by atoms with E-state index < -0.39 is 12.3 Å². The van der Waals surface area contributed by atoms with Crippen molar-refractivity contribution in [1.82, 2.24) is 4.98 Å². The third-order valence-corrected chi connectivity index (χ3v) is 4.89. The predicted octanol–water partition coefficient (Wildman–Crippen LogP) is 5.16. The molecule has 3 heterocycles. The molecule has 0 N–H and O–H groups in total. The van der Waals surface area contributed by atoms with Crippen LogP contribution in [0.4, 0.5) is 0 Å². The number of hydrogen-bond acceptors (Lipinski definition) is 3. The number of aromatic nitrogens is 2. The molecule has 0 bridgehead atoms. The van der Waals surface area contributed by atoms with Gasteiger partial charge in [0.25, 0.3) is 0 Å². The standard InChI is InChI=1S/C24H24N3O/c1-14(2)8-17-9-16(4)27(5)21(11-17)22-15(3)6-7-19-20-10-18(12-25)13-26-24(20)28-23(19)22/h6-7,9-11,13-14H,8H2,1-5H3/q+1/i8D2,9D,11D. The van der Waals surface area contributed by atoms with Crippen molar-refractivity contribution in [3.8, 4) is 17.3 Å². The summed E-state index contributed by atoms with van der Waals surface area (Å²) in [5, 5.41) is 10.7. The number of hydrogen-bond donors (Lipinski definition) is 0. The van der Waals surface area contributed by atoms with Crippen LogP contribution in [-0.4, -0.2) is 4.98 Å². The summed E-state index contributed by atoms with van der Waals surface area (Å²) in [5.74, 6) is -0.410. The molecule has 0 amide bonds. The molecule has 4 heteroatoms. The van der Waals surface area contributed by atoms with Gasteiger partial charge in [-0.25, -0.2) is 4.98 Å². The van der Waals surface area contributed by atoms with Crippen molar-refractivity contribution in [3.05, 3.63) is 58.9 Å². The molecule has 4 aromatic rings. The van der Waals surface area contributed by atoms with Crippen LogP contribution in [0.3, 0.4) is 0 Å². The van der Waals surface area contributed by atoms with Crippen molar-refractivity contribution in [3.63, 3.8) is 0 Å². The molecular weight excluding hydrogens is 346 g/mol. The minimum absolute atomic E-state index is 0.0245. The van der Waals surface area contributed by atoms with Crippen molar-refractivity contribution in [2.45, 2.75) is 34.1 Å². The zero-order valence-electron chi connectivity index (χ0n) is 20.6. The van der Waals surface area contributed by atoms with Crippen LogP contribution in [0, 0.1) is 31.1 Å². The Bertz CT molecular complexity index is 1450. The van der Waals surface area contributed by atoms with E-state index in [0.717, 1.165) is 10.9 Å². The molecule has 0 atom stereocenters. The Morgan fingerprint density at radius 2 is 2.07 bits per heavy atom. The Balaban J connectivity index is 2.17. The first-order valence-electron chi connectivity index (χ1n) is 11.2. The number of aryl methyl sites for hydroxylation is 1. The summed E-state index contributed by atoms with van der Waals surface area (Å²) < 4.78 is 42.7. The molecule has 3 aromatic heterocycles. The lowest BCUT2D eigenvalue weighted by Crippen LogP contribution is -2.35.